The summed E-state index contributed by atoms with van der Waals surface area (Å²) in [6, 6.07) is 0.806. The molecule has 1 N–H and O–H groups in total. The second-order valence-corrected chi connectivity index (χ2v) is 5.35. The topological polar surface area (TPSA) is 30.5 Å². The van der Waals surface area contributed by atoms with Crippen LogP contribution in [0.25, 0.3) is 0 Å². The zero-order valence-electron chi connectivity index (χ0n) is 10.6. The first-order chi connectivity index (χ1) is 7.81. The van der Waals surface area contributed by atoms with Crippen LogP contribution >= 0.6 is 0 Å². The molecule has 1 aliphatic heterocycles. The first-order valence-corrected chi connectivity index (χ1v) is 6.65. The number of nitrogens with one attached hydrogen (secondary N) is 1. The molecule has 0 radical (unpaired) electrons. The van der Waals surface area contributed by atoms with Crippen LogP contribution in [0.4, 0.5) is 0 Å². The van der Waals surface area contributed by atoms with Crippen molar-refractivity contribution in [1.82, 2.24) is 5.32 Å². The van der Waals surface area contributed by atoms with Gasteiger partial charge in [-0.1, -0.05) is 6.92 Å². The van der Waals surface area contributed by atoms with Gasteiger partial charge in [-0.25, -0.2) is 0 Å². The van der Waals surface area contributed by atoms with Crippen LogP contribution in [0.3, 0.4) is 0 Å². The van der Waals surface area contributed by atoms with Crippen LogP contribution in [-0.4, -0.2) is 39.0 Å². The molecule has 0 spiro atoms. The number of ether oxygens (including phenoxy) is 2. The van der Waals surface area contributed by atoms with Crippen LogP contribution in [0.15, 0.2) is 0 Å². The highest BCUT2D eigenvalue weighted by Gasteiger charge is 2.31. The molecule has 94 valence electrons. The van der Waals surface area contributed by atoms with Crippen molar-refractivity contribution in [3.8, 4) is 0 Å². The monoisotopic (exact) mass is 227 g/mol. The van der Waals surface area contributed by atoms with Gasteiger partial charge in [0.1, 0.15) is 0 Å². The molecule has 3 unspecified atom stereocenters. The molecule has 0 aromatic heterocycles. The summed E-state index contributed by atoms with van der Waals surface area (Å²) < 4.78 is 11.2. The predicted octanol–water partition coefficient (Wildman–Crippen LogP) is 1.82. The molecule has 0 amide bonds. The van der Waals surface area contributed by atoms with E-state index in [-0.39, 0.29) is 0 Å². The molecule has 2 aliphatic rings. The van der Waals surface area contributed by atoms with Gasteiger partial charge in [0.05, 0.1) is 12.7 Å². The van der Waals surface area contributed by atoms with Crippen LogP contribution in [-0.2, 0) is 9.47 Å². The van der Waals surface area contributed by atoms with Crippen LogP contribution in [0.5, 0.6) is 0 Å². The number of methoxy groups -OCH3 is 1. The van der Waals surface area contributed by atoms with Gasteiger partial charge in [-0.15, -0.1) is 0 Å². The molecule has 0 bridgehead atoms. The molecule has 3 atom stereocenters. The third-order valence-electron chi connectivity index (χ3n) is 3.73. The fraction of sp³-hybridized carbons (Fsp3) is 1.00. The molecule has 1 heterocycles. The van der Waals surface area contributed by atoms with Crippen LogP contribution in [0.2, 0.25) is 0 Å². The van der Waals surface area contributed by atoms with E-state index in [0.717, 1.165) is 25.8 Å². The van der Waals surface area contributed by atoms with Gasteiger partial charge in [-0.05, 0) is 31.6 Å². The maximum atomic E-state index is 5.94. The Morgan fingerprint density at radius 3 is 2.88 bits per heavy atom. The summed E-state index contributed by atoms with van der Waals surface area (Å²) in [6.07, 6.45) is 5.64. The van der Waals surface area contributed by atoms with Crippen molar-refractivity contribution < 1.29 is 9.47 Å². The quantitative estimate of drug-likeness (QED) is 0.751. The van der Waals surface area contributed by atoms with E-state index < -0.39 is 0 Å². The minimum atomic E-state index is 0.389. The lowest BCUT2D eigenvalue weighted by Crippen LogP contribution is -2.42. The Morgan fingerprint density at radius 1 is 1.38 bits per heavy atom. The average Bonchev–Trinajstić information content (AvgIpc) is 3.11. The van der Waals surface area contributed by atoms with E-state index in [1.165, 1.54) is 25.7 Å². The molecule has 16 heavy (non-hydrogen) atoms. The summed E-state index contributed by atoms with van der Waals surface area (Å²) in [5.74, 6) is 1.19. The van der Waals surface area contributed by atoms with Gasteiger partial charge in [0.2, 0.25) is 0 Å². The molecular weight excluding hydrogens is 202 g/mol. The van der Waals surface area contributed by atoms with E-state index in [2.05, 4.69) is 12.2 Å². The fourth-order valence-electron chi connectivity index (χ4n) is 2.68. The standard InChI is InChI=1S/C13H25NO2/c1-10(9-15-2)13-11(4-3-7-16-13)8-14-12-5-6-12/h10-14H,3-9H2,1-2H3. The Kier molecular flexibility index (Phi) is 4.62. The van der Waals surface area contributed by atoms with Crippen molar-refractivity contribution in [2.75, 3.05) is 26.9 Å². The lowest BCUT2D eigenvalue weighted by Gasteiger charge is -2.35. The third kappa shape index (κ3) is 3.44. The summed E-state index contributed by atoms with van der Waals surface area (Å²) >= 11 is 0. The molecule has 1 aliphatic carbocycles. The summed E-state index contributed by atoms with van der Waals surface area (Å²) in [7, 11) is 1.77. The van der Waals surface area contributed by atoms with Gasteiger partial charge in [-0.3, -0.25) is 0 Å². The van der Waals surface area contributed by atoms with Gasteiger partial charge < -0.3 is 14.8 Å². The van der Waals surface area contributed by atoms with Crippen molar-refractivity contribution in [3.05, 3.63) is 0 Å². The zero-order chi connectivity index (χ0) is 11.4. The fourth-order valence-corrected chi connectivity index (χ4v) is 2.68. The van der Waals surface area contributed by atoms with E-state index in [1.54, 1.807) is 7.11 Å². The third-order valence-corrected chi connectivity index (χ3v) is 3.73. The van der Waals surface area contributed by atoms with Crippen molar-refractivity contribution in [3.63, 3.8) is 0 Å². The molecule has 0 aromatic rings. The minimum Gasteiger partial charge on any atom is -0.384 e. The largest absolute Gasteiger partial charge is 0.384 e. The number of hydrogen-bond donors (Lipinski definition) is 1. The second-order valence-electron chi connectivity index (χ2n) is 5.35. The molecule has 1 saturated carbocycles. The van der Waals surface area contributed by atoms with Crippen molar-refractivity contribution in [1.29, 1.82) is 0 Å². The summed E-state index contributed by atoms with van der Waals surface area (Å²) in [5, 5.41) is 3.63. The van der Waals surface area contributed by atoms with Crippen LogP contribution in [0, 0.1) is 11.8 Å². The van der Waals surface area contributed by atoms with E-state index in [9.17, 15) is 0 Å². The Labute approximate surface area is 98.9 Å². The number of rotatable bonds is 6. The van der Waals surface area contributed by atoms with Gasteiger partial charge in [0.25, 0.3) is 0 Å². The van der Waals surface area contributed by atoms with Crippen molar-refractivity contribution >= 4 is 0 Å². The summed E-state index contributed by atoms with van der Waals surface area (Å²) in [6.45, 7) is 5.11. The van der Waals surface area contributed by atoms with Gasteiger partial charge >= 0.3 is 0 Å². The molecule has 2 rings (SSSR count). The summed E-state index contributed by atoms with van der Waals surface area (Å²) in [5.41, 5.74) is 0. The lowest BCUT2D eigenvalue weighted by atomic mass is 9.87. The van der Waals surface area contributed by atoms with Gasteiger partial charge in [0, 0.05) is 32.2 Å². The van der Waals surface area contributed by atoms with Crippen molar-refractivity contribution in [2.24, 2.45) is 11.8 Å². The minimum absolute atomic E-state index is 0.389. The number of hydrogen-bond acceptors (Lipinski definition) is 3. The smallest absolute Gasteiger partial charge is 0.0662 e. The van der Waals surface area contributed by atoms with Crippen LogP contribution in [0.1, 0.15) is 32.6 Å². The zero-order valence-corrected chi connectivity index (χ0v) is 10.6. The Morgan fingerprint density at radius 2 is 2.19 bits per heavy atom. The molecule has 0 aromatic carbocycles. The first kappa shape index (κ1) is 12.3. The molecule has 2 fully saturated rings. The van der Waals surface area contributed by atoms with Crippen molar-refractivity contribution in [2.45, 2.75) is 44.8 Å². The highest BCUT2D eigenvalue weighted by molar-refractivity contribution is 4.86. The highest BCUT2D eigenvalue weighted by atomic mass is 16.5. The van der Waals surface area contributed by atoms with E-state index >= 15 is 0 Å². The van der Waals surface area contributed by atoms with E-state index in [0.29, 0.717) is 17.9 Å². The van der Waals surface area contributed by atoms with Gasteiger partial charge in [-0.2, -0.15) is 0 Å². The molecule has 3 heteroatoms. The van der Waals surface area contributed by atoms with E-state index in [4.69, 9.17) is 9.47 Å². The highest BCUT2D eigenvalue weighted by Crippen LogP contribution is 2.27. The average molecular weight is 227 g/mol. The maximum absolute atomic E-state index is 5.94. The molecule has 1 saturated heterocycles. The Balaban J connectivity index is 1.79. The first-order valence-electron chi connectivity index (χ1n) is 6.65. The Hall–Kier alpha value is -0.120. The van der Waals surface area contributed by atoms with Gasteiger partial charge in [0.15, 0.2) is 0 Å². The molecular formula is C13H25NO2. The SMILES string of the molecule is COCC(C)C1OCCCC1CNC1CC1. The molecule has 3 nitrogen and oxygen atoms in total. The van der Waals surface area contributed by atoms with Crippen LogP contribution < -0.4 is 5.32 Å². The second kappa shape index (κ2) is 5.99. The predicted molar refractivity (Wildman–Crippen MR) is 64.5 cm³/mol. The lowest BCUT2D eigenvalue weighted by molar-refractivity contribution is -0.0705. The summed E-state index contributed by atoms with van der Waals surface area (Å²) in [4.78, 5) is 0. The Bertz CT molecular complexity index is 206. The maximum Gasteiger partial charge on any atom is 0.0662 e. The van der Waals surface area contributed by atoms with E-state index in [1.807, 2.05) is 0 Å². The normalized spacial score (nSPS) is 32.6.